The summed E-state index contributed by atoms with van der Waals surface area (Å²) in [6.07, 6.45) is 4.46. The fraction of sp³-hybridized carbons (Fsp3) is 0.600. The molecular weight excluding hydrogens is 276 g/mol. The Morgan fingerprint density at radius 3 is 2.10 bits per heavy atom. The molecule has 0 aliphatic rings. The highest BCUT2D eigenvalue weighted by Gasteiger charge is 2.37. The van der Waals surface area contributed by atoms with Crippen LogP contribution in [0.15, 0.2) is 25.3 Å². The first-order valence-electron chi connectivity index (χ1n) is 6.98. The molecule has 0 rings (SSSR count). The lowest BCUT2D eigenvalue weighted by molar-refractivity contribution is -0.330. The average molecular weight is 300 g/mol. The first kappa shape index (κ1) is 19.3. The molecule has 6 heteroatoms. The molecule has 2 N–H and O–H groups in total. The molecule has 1 atom stereocenters. The van der Waals surface area contributed by atoms with Gasteiger partial charge in [0.2, 0.25) is 0 Å². The van der Waals surface area contributed by atoms with Gasteiger partial charge in [-0.1, -0.05) is 45.8 Å². The zero-order valence-electron chi connectivity index (χ0n) is 12.4. The highest BCUT2D eigenvalue weighted by atomic mass is 16.8. The second kappa shape index (κ2) is 10.1. The minimum absolute atomic E-state index is 0.402. The molecular formula is C15H24O6. The maximum atomic E-state index is 11.2. The van der Waals surface area contributed by atoms with Gasteiger partial charge in [0.15, 0.2) is 0 Å². The van der Waals surface area contributed by atoms with Crippen molar-refractivity contribution in [3.8, 4) is 0 Å². The molecule has 0 saturated carbocycles. The third-order valence-electron chi connectivity index (χ3n) is 2.74. The monoisotopic (exact) mass is 300 g/mol. The highest BCUT2D eigenvalue weighted by Crippen LogP contribution is 2.21. The minimum Gasteiger partial charge on any atom is -0.395 e. The van der Waals surface area contributed by atoms with Crippen LogP contribution in [0.5, 0.6) is 0 Å². The van der Waals surface area contributed by atoms with Crippen LogP contribution in [-0.2, 0) is 19.1 Å². The summed E-state index contributed by atoms with van der Waals surface area (Å²) < 4.78 is 9.21. The quantitative estimate of drug-likeness (QED) is 0.262. The van der Waals surface area contributed by atoms with Gasteiger partial charge in [-0.3, -0.25) is 0 Å². The topological polar surface area (TPSA) is 93.1 Å². The highest BCUT2D eigenvalue weighted by molar-refractivity contribution is 5.83. The van der Waals surface area contributed by atoms with E-state index in [1.165, 1.54) is 0 Å². The number of carbonyl (C=O) groups excluding carboxylic acids is 2. The van der Waals surface area contributed by atoms with E-state index in [1.807, 2.05) is 0 Å². The van der Waals surface area contributed by atoms with E-state index in [-0.39, 0.29) is 0 Å². The van der Waals surface area contributed by atoms with E-state index in [2.05, 4.69) is 29.6 Å². The molecule has 21 heavy (non-hydrogen) atoms. The van der Waals surface area contributed by atoms with Crippen LogP contribution >= 0.6 is 0 Å². The van der Waals surface area contributed by atoms with Crippen molar-refractivity contribution in [2.45, 2.75) is 57.5 Å². The number of unbranched alkanes of at least 4 members (excludes halogenated alkanes) is 3. The second-order valence-corrected chi connectivity index (χ2v) is 4.67. The second-order valence-electron chi connectivity index (χ2n) is 4.67. The molecule has 0 aromatic rings. The van der Waals surface area contributed by atoms with Crippen molar-refractivity contribution in [1.82, 2.24) is 0 Å². The summed E-state index contributed by atoms with van der Waals surface area (Å²) in [6.45, 7) is 8.44. The Kier molecular flexibility index (Phi) is 9.32. The molecule has 0 fully saturated rings. The summed E-state index contributed by atoms with van der Waals surface area (Å²) in [7, 11) is 0. The van der Waals surface area contributed by atoms with Gasteiger partial charge in [-0.2, -0.15) is 0 Å². The summed E-state index contributed by atoms with van der Waals surface area (Å²) in [5, 5.41) is 19.9. The average Bonchev–Trinajstić information content (AvgIpc) is 2.42. The van der Waals surface area contributed by atoms with Gasteiger partial charge >= 0.3 is 17.9 Å². The third-order valence-corrected chi connectivity index (χ3v) is 2.74. The molecule has 0 aliphatic heterocycles. The Bertz CT molecular complexity index is 341. The van der Waals surface area contributed by atoms with Crippen LogP contribution in [-0.4, -0.2) is 34.2 Å². The molecule has 0 aromatic carbocycles. The van der Waals surface area contributed by atoms with Crippen molar-refractivity contribution < 1.29 is 29.3 Å². The van der Waals surface area contributed by atoms with Crippen molar-refractivity contribution in [2.75, 3.05) is 0 Å². The predicted molar refractivity (Wildman–Crippen MR) is 76.9 cm³/mol. The van der Waals surface area contributed by atoms with Gasteiger partial charge in [0.1, 0.15) is 0 Å². The summed E-state index contributed by atoms with van der Waals surface area (Å²) in [5.74, 6) is -4.46. The van der Waals surface area contributed by atoms with Crippen molar-refractivity contribution >= 4 is 11.9 Å². The van der Waals surface area contributed by atoms with Crippen LogP contribution in [0.1, 0.15) is 45.4 Å². The van der Waals surface area contributed by atoms with E-state index in [9.17, 15) is 19.8 Å². The van der Waals surface area contributed by atoms with Crippen LogP contribution in [0, 0.1) is 0 Å². The first-order chi connectivity index (χ1) is 9.86. The van der Waals surface area contributed by atoms with E-state index in [1.54, 1.807) is 0 Å². The number of aliphatic hydroxyl groups excluding tert-OH is 1. The van der Waals surface area contributed by atoms with Crippen LogP contribution < -0.4 is 0 Å². The third kappa shape index (κ3) is 8.99. The van der Waals surface area contributed by atoms with Crippen molar-refractivity contribution in [1.29, 1.82) is 0 Å². The molecule has 0 amide bonds. The van der Waals surface area contributed by atoms with E-state index in [4.69, 9.17) is 0 Å². The van der Waals surface area contributed by atoms with Gasteiger partial charge < -0.3 is 19.7 Å². The zero-order valence-corrected chi connectivity index (χ0v) is 12.4. The number of aliphatic hydroxyl groups is 2. The SMILES string of the molecule is C=CC(=O)OC(O)(CC(O)CCCCCC)OC(=O)C=C. The normalized spacial score (nSPS) is 12.3. The van der Waals surface area contributed by atoms with Gasteiger partial charge in [-0.25, -0.2) is 9.59 Å². The molecule has 0 aromatic heterocycles. The molecule has 6 nitrogen and oxygen atoms in total. The lowest BCUT2D eigenvalue weighted by Gasteiger charge is -2.27. The van der Waals surface area contributed by atoms with Gasteiger partial charge in [-0.15, -0.1) is 0 Å². The Morgan fingerprint density at radius 1 is 1.14 bits per heavy atom. The van der Waals surface area contributed by atoms with Crippen LogP contribution in [0.25, 0.3) is 0 Å². The maximum Gasteiger partial charge on any atom is 0.376 e. The van der Waals surface area contributed by atoms with Gasteiger partial charge in [-0.05, 0) is 6.42 Å². The molecule has 1 unspecified atom stereocenters. The smallest absolute Gasteiger partial charge is 0.376 e. The number of esters is 2. The maximum absolute atomic E-state index is 11.2. The van der Waals surface area contributed by atoms with E-state index in [0.717, 1.165) is 37.8 Å². The molecule has 0 heterocycles. The number of hydrogen-bond acceptors (Lipinski definition) is 6. The van der Waals surface area contributed by atoms with Crippen LogP contribution in [0.4, 0.5) is 0 Å². The van der Waals surface area contributed by atoms with E-state index >= 15 is 0 Å². The standard InChI is InChI=1S/C15H24O6/c1-4-7-8-9-10-12(16)11-15(19,20-13(17)5-2)21-14(18)6-3/h5-6,12,16,19H,2-4,7-11H2,1H3. The van der Waals surface area contributed by atoms with E-state index in [0.29, 0.717) is 6.42 Å². The molecule has 0 radical (unpaired) electrons. The fourth-order valence-corrected chi connectivity index (χ4v) is 1.71. The van der Waals surface area contributed by atoms with Crippen molar-refractivity contribution in [3.63, 3.8) is 0 Å². The van der Waals surface area contributed by atoms with Crippen molar-refractivity contribution in [3.05, 3.63) is 25.3 Å². The lowest BCUT2D eigenvalue weighted by atomic mass is 10.1. The Hall–Kier alpha value is -1.66. The predicted octanol–water partition coefficient (Wildman–Crippen LogP) is 1.81. The molecule has 120 valence electrons. The van der Waals surface area contributed by atoms with Crippen molar-refractivity contribution in [2.24, 2.45) is 0 Å². The van der Waals surface area contributed by atoms with Gasteiger partial charge in [0, 0.05) is 12.2 Å². The molecule has 0 spiro atoms. The largest absolute Gasteiger partial charge is 0.395 e. The van der Waals surface area contributed by atoms with E-state index < -0.39 is 30.4 Å². The van der Waals surface area contributed by atoms with Gasteiger partial charge in [0.05, 0.1) is 12.5 Å². The lowest BCUT2D eigenvalue weighted by Crippen LogP contribution is -2.42. The fourth-order valence-electron chi connectivity index (χ4n) is 1.71. The van der Waals surface area contributed by atoms with Crippen LogP contribution in [0.3, 0.4) is 0 Å². The number of ether oxygens (including phenoxy) is 2. The number of rotatable bonds is 11. The summed E-state index contributed by atoms with van der Waals surface area (Å²) in [5.41, 5.74) is 0. The zero-order chi connectivity index (χ0) is 16.3. The van der Waals surface area contributed by atoms with Gasteiger partial charge in [0.25, 0.3) is 0 Å². The number of hydrogen-bond donors (Lipinski definition) is 2. The summed E-state index contributed by atoms with van der Waals surface area (Å²) in [4.78, 5) is 22.4. The Labute approximate surface area is 125 Å². The molecule has 0 bridgehead atoms. The number of carbonyl (C=O) groups is 2. The Morgan fingerprint density at radius 2 is 1.67 bits per heavy atom. The van der Waals surface area contributed by atoms with Crippen LogP contribution in [0.2, 0.25) is 0 Å². The molecule has 0 saturated heterocycles. The minimum atomic E-state index is -2.53. The molecule has 0 aliphatic carbocycles. The summed E-state index contributed by atoms with van der Waals surface area (Å²) in [6, 6.07) is 0. The first-order valence-corrected chi connectivity index (χ1v) is 6.98. The summed E-state index contributed by atoms with van der Waals surface area (Å²) >= 11 is 0. The Balaban J connectivity index is 4.57.